The van der Waals surface area contributed by atoms with Gasteiger partial charge in [0.2, 0.25) is 0 Å². The molecule has 0 atom stereocenters. The summed E-state index contributed by atoms with van der Waals surface area (Å²) in [5, 5.41) is 7.32. The summed E-state index contributed by atoms with van der Waals surface area (Å²) in [5.74, 6) is 0. The van der Waals surface area contributed by atoms with Crippen molar-refractivity contribution in [1.29, 1.82) is 0 Å². The van der Waals surface area contributed by atoms with E-state index in [2.05, 4.69) is 36.5 Å². The van der Waals surface area contributed by atoms with Gasteiger partial charge in [-0.15, -0.1) is 11.3 Å². The van der Waals surface area contributed by atoms with E-state index in [0.717, 1.165) is 27.8 Å². The molecule has 0 saturated carbocycles. The van der Waals surface area contributed by atoms with Gasteiger partial charge in [0.1, 0.15) is 5.01 Å². The van der Waals surface area contributed by atoms with Gasteiger partial charge in [-0.25, -0.2) is 4.98 Å². The molecular weight excluding hydrogens is 264 g/mol. The number of nitrogens with one attached hydrogen (secondary N) is 1. The Morgan fingerprint density at radius 1 is 1.28 bits per heavy atom. The van der Waals surface area contributed by atoms with Crippen LogP contribution in [-0.4, -0.2) is 10.5 Å². The predicted octanol–water partition coefficient (Wildman–Crippen LogP) is 4.35. The quantitative estimate of drug-likeness (QED) is 0.904. The summed E-state index contributed by atoms with van der Waals surface area (Å²) in [4.78, 5) is 4.62. The van der Waals surface area contributed by atoms with Gasteiger partial charge in [0, 0.05) is 28.0 Å². The van der Waals surface area contributed by atoms with Crippen molar-refractivity contribution in [3.05, 3.63) is 39.7 Å². The lowest BCUT2D eigenvalue weighted by molar-refractivity contribution is 0.424. The fourth-order valence-corrected chi connectivity index (χ4v) is 2.49. The van der Waals surface area contributed by atoms with Crippen molar-refractivity contribution in [3.63, 3.8) is 0 Å². The Labute approximate surface area is 117 Å². The molecule has 0 aliphatic rings. The molecule has 2 aromatic rings. The molecule has 1 aromatic heterocycles. The normalized spacial score (nSPS) is 11.8. The van der Waals surface area contributed by atoms with Crippen LogP contribution in [0, 0.1) is 0 Å². The van der Waals surface area contributed by atoms with Crippen LogP contribution in [0.1, 0.15) is 25.8 Å². The molecule has 1 aromatic carbocycles. The fraction of sp³-hybridized carbons (Fsp3) is 0.357. The Bertz CT molecular complexity index is 529. The average molecular weight is 281 g/mol. The van der Waals surface area contributed by atoms with Crippen molar-refractivity contribution in [1.82, 2.24) is 10.3 Å². The number of benzene rings is 1. The minimum absolute atomic E-state index is 0.107. The molecule has 0 aliphatic heterocycles. The van der Waals surface area contributed by atoms with E-state index < -0.39 is 0 Å². The maximum atomic E-state index is 6.17. The minimum atomic E-state index is 0.107. The van der Waals surface area contributed by atoms with Gasteiger partial charge in [-0.3, -0.25) is 0 Å². The zero-order chi connectivity index (χ0) is 13.2. The standard InChI is InChI=1S/C14H17ClN2S/c1-14(2,3)16-8-13-17-12(9-18-13)10-6-4-5-7-11(10)15/h4-7,9,16H,8H2,1-3H3. The second kappa shape index (κ2) is 5.39. The number of thiazole rings is 1. The molecule has 0 saturated heterocycles. The Hall–Kier alpha value is -0.900. The summed E-state index contributed by atoms with van der Waals surface area (Å²) in [6, 6.07) is 7.80. The second-order valence-electron chi connectivity index (χ2n) is 5.21. The predicted molar refractivity (Wildman–Crippen MR) is 79.2 cm³/mol. The van der Waals surface area contributed by atoms with Crippen LogP contribution < -0.4 is 5.32 Å². The van der Waals surface area contributed by atoms with Crippen LogP contribution in [0.4, 0.5) is 0 Å². The molecule has 0 spiro atoms. The van der Waals surface area contributed by atoms with Crippen LogP contribution in [0.25, 0.3) is 11.3 Å². The Balaban J connectivity index is 2.14. The maximum Gasteiger partial charge on any atom is 0.107 e. The molecular formula is C14H17ClN2S. The average Bonchev–Trinajstić information content (AvgIpc) is 2.75. The van der Waals surface area contributed by atoms with Gasteiger partial charge in [0.05, 0.1) is 5.69 Å². The summed E-state index contributed by atoms with van der Waals surface area (Å²) in [5.41, 5.74) is 2.06. The van der Waals surface area contributed by atoms with Crippen molar-refractivity contribution < 1.29 is 0 Å². The number of nitrogens with zero attached hydrogens (tertiary/aromatic N) is 1. The highest BCUT2D eigenvalue weighted by Crippen LogP contribution is 2.28. The Morgan fingerprint density at radius 2 is 2.00 bits per heavy atom. The molecule has 18 heavy (non-hydrogen) atoms. The number of rotatable bonds is 3. The van der Waals surface area contributed by atoms with Crippen molar-refractivity contribution >= 4 is 22.9 Å². The highest BCUT2D eigenvalue weighted by Gasteiger charge is 2.11. The van der Waals surface area contributed by atoms with Gasteiger partial charge in [-0.1, -0.05) is 29.8 Å². The Morgan fingerprint density at radius 3 is 2.67 bits per heavy atom. The number of aromatic nitrogens is 1. The lowest BCUT2D eigenvalue weighted by Crippen LogP contribution is -2.34. The lowest BCUT2D eigenvalue weighted by atomic mass is 10.1. The summed E-state index contributed by atoms with van der Waals surface area (Å²) in [6.45, 7) is 7.24. The van der Waals surface area contributed by atoms with E-state index in [1.807, 2.05) is 24.3 Å². The summed E-state index contributed by atoms with van der Waals surface area (Å²) in [7, 11) is 0. The SMILES string of the molecule is CC(C)(C)NCc1nc(-c2ccccc2Cl)cs1. The van der Waals surface area contributed by atoms with Crippen LogP contribution in [0.3, 0.4) is 0 Å². The fourth-order valence-electron chi connectivity index (χ4n) is 1.53. The first-order valence-electron chi connectivity index (χ1n) is 5.90. The molecule has 0 amide bonds. The summed E-state index contributed by atoms with van der Waals surface area (Å²) < 4.78 is 0. The number of hydrogen-bond acceptors (Lipinski definition) is 3. The van der Waals surface area contributed by atoms with Crippen molar-refractivity contribution in [2.24, 2.45) is 0 Å². The summed E-state index contributed by atoms with van der Waals surface area (Å²) in [6.07, 6.45) is 0. The van der Waals surface area contributed by atoms with Gasteiger partial charge in [-0.2, -0.15) is 0 Å². The van der Waals surface area contributed by atoms with E-state index in [9.17, 15) is 0 Å². The first-order valence-corrected chi connectivity index (χ1v) is 7.16. The molecule has 2 nitrogen and oxygen atoms in total. The highest BCUT2D eigenvalue weighted by atomic mass is 35.5. The maximum absolute atomic E-state index is 6.17. The van der Waals surface area contributed by atoms with Crippen molar-refractivity contribution in [3.8, 4) is 11.3 Å². The first kappa shape index (κ1) is 13.5. The van der Waals surface area contributed by atoms with E-state index in [-0.39, 0.29) is 5.54 Å². The van der Waals surface area contributed by atoms with E-state index >= 15 is 0 Å². The number of halogens is 1. The zero-order valence-electron chi connectivity index (χ0n) is 10.8. The zero-order valence-corrected chi connectivity index (χ0v) is 12.4. The topological polar surface area (TPSA) is 24.9 Å². The molecule has 0 unspecified atom stereocenters. The van der Waals surface area contributed by atoms with Gasteiger partial charge in [0.15, 0.2) is 0 Å². The van der Waals surface area contributed by atoms with Crippen LogP contribution in [0.15, 0.2) is 29.6 Å². The lowest BCUT2D eigenvalue weighted by Gasteiger charge is -2.19. The van der Waals surface area contributed by atoms with Crippen molar-refractivity contribution in [2.45, 2.75) is 32.9 Å². The molecule has 4 heteroatoms. The van der Waals surface area contributed by atoms with E-state index in [4.69, 9.17) is 11.6 Å². The third-order valence-electron chi connectivity index (χ3n) is 2.47. The van der Waals surface area contributed by atoms with Crippen LogP contribution in [0.5, 0.6) is 0 Å². The molecule has 0 bridgehead atoms. The van der Waals surface area contributed by atoms with Crippen LogP contribution in [0.2, 0.25) is 5.02 Å². The Kier molecular flexibility index (Phi) is 4.05. The minimum Gasteiger partial charge on any atom is -0.306 e. The molecule has 0 fully saturated rings. The molecule has 1 N–H and O–H groups in total. The van der Waals surface area contributed by atoms with E-state index in [0.29, 0.717) is 0 Å². The van der Waals surface area contributed by atoms with Crippen LogP contribution in [-0.2, 0) is 6.54 Å². The molecule has 1 heterocycles. The third-order valence-corrected chi connectivity index (χ3v) is 3.65. The van der Waals surface area contributed by atoms with Gasteiger partial charge in [0.25, 0.3) is 0 Å². The highest BCUT2D eigenvalue weighted by molar-refractivity contribution is 7.09. The van der Waals surface area contributed by atoms with Gasteiger partial charge >= 0.3 is 0 Å². The smallest absolute Gasteiger partial charge is 0.107 e. The van der Waals surface area contributed by atoms with Gasteiger partial charge in [-0.05, 0) is 26.8 Å². The molecule has 96 valence electrons. The molecule has 0 radical (unpaired) electrons. The largest absolute Gasteiger partial charge is 0.306 e. The summed E-state index contributed by atoms with van der Waals surface area (Å²) >= 11 is 7.83. The van der Waals surface area contributed by atoms with E-state index in [1.54, 1.807) is 11.3 Å². The number of hydrogen-bond donors (Lipinski definition) is 1. The van der Waals surface area contributed by atoms with E-state index in [1.165, 1.54) is 0 Å². The molecule has 0 aliphatic carbocycles. The van der Waals surface area contributed by atoms with Gasteiger partial charge < -0.3 is 5.32 Å². The first-order chi connectivity index (χ1) is 8.46. The molecule has 2 rings (SSSR count). The van der Waals surface area contributed by atoms with Crippen LogP contribution >= 0.6 is 22.9 Å². The second-order valence-corrected chi connectivity index (χ2v) is 6.56. The monoisotopic (exact) mass is 280 g/mol. The third kappa shape index (κ3) is 3.55. The van der Waals surface area contributed by atoms with Crippen molar-refractivity contribution in [2.75, 3.05) is 0 Å².